The molecule has 0 aliphatic rings. The van der Waals surface area contributed by atoms with Crippen LogP contribution in [0, 0.1) is 6.92 Å². The third-order valence-corrected chi connectivity index (χ3v) is 4.14. The highest BCUT2D eigenvalue weighted by Crippen LogP contribution is 2.15. The van der Waals surface area contributed by atoms with Gasteiger partial charge in [-0.25, -0.2) is 13.1 Å². The maximum absolute atomic E-state index is 12.0. The molecule has 0 aliphatic carbocycles. The van der Waals surface area contributed by atoms with Gasteiger partial charge in [-0.1, -0.05) is 6.07 Å². The second kappa shape index (κ2) is 6.14. The zero-order chi connectivity index (χ0) is 14.6. The Bertz CT molecular complexity index is 568. The van der Waals surface area contributed by atoms with Gasteiger partial charge in [-0.15, -0.1) is 0 Å². The van der Waals surface area contributed by atoms with E-state index in [0.29, 0.717) is 12.0 Å². The molecule has 0 saturated heterocycles. The molecule has 0 spiro atoms. The van der Waals surface area contributed by atoms with Gasteiger partial charge in [0.15, 0.2) is 0 Å². The number of amides is 1. The molecule has 0 heterocycles. The molecule has 7 heteroatoms. The van der Waals surface area contributed by atoms with Gasteiger partial charge in [0.2, 0.25) is 15.9 Å². The number of rotatable bonds is 6. The minimum atomic E-state index is -3.64. The van der Waals surface area contributed by atoms with Crippen LogP contribution in [0.15, 0.2) is 23.1 Å². The highest BCUT2D eigenvalue weighted by molar-refractivity contribution is 7.89. The first-order chi connectivity index (χ1) is 8.74. The molecule has 5 N–H and O–H groups in total. The van der Waals surface area contributed by atoms with Crippen molar-refractivity contribution in [2.45, 2.75) is 31.2 Å². The first-order valence-electron chi connectivity index (χ1n) is 5.89. The van der Waals surface area contributed by atoms with E-state index < -0.39 is 15.9 Å². The van der Waals surface area contributed by atoms with Crippen molar-refractivity contribution in [3.63, 3.8) is 0 Å². The van der Waals surface area contributed by atoms with E-state index >= 15 is 0 Å². The van der Waals surface area contributed by atoms with E-state index in [0.717, 1.165) is 0 Å². The number of carbonyl (C=O) groups is 1. The van der Waals surface area contributed by atoms with Crippen LogP contribution in [0.4, 0.5) is 0 Å². The third-order valence-electron chi connectivity index (χ3n) is 2.68. The number of hydrogen-bond acceptors (Lipinski definition) is 4. The summed E-state index contributed by atoms with van der Waals surface area (Å²) in [5.41, 5.74) is 11.6. The highest BCUT2D eigenvalue weighted by atomic mass is 32.2. The van der Waals surface area contributed by atoms with E-state index in [1.807, 2.05) is 0 Å². The molecule has 1 atom stereocenters. The molecule has 0 aliphatic heterocycles. The summed E-state index contributed by atoms with van der Waals surface area (Å²) in [6.07, 6.45) is 0.535. The van der Waals surface area contributed by atoms with Gasteiger partial charge in [0.1, 0.15) is 0 Å². The lowest BCUT2D eigenvalue weighted by Crippen LogP contribution is -2.29. The first kappa shape index (κ1) is 15.6. The predicted molar refractivity (Wildman–Crippen MR) is 73.2 cm³/mol. The summed E-state index contributed by atoms with van der Waals surface area (Å²) < 4.78 is 26.4. The maximum Gasteiger partial charge on any atom is 0.249 e. The molecular formula is C12H19N3O3S. The normalized spacial score (nSPS) is 13.2. The summed E-state index contributed by atoms with van der Waals surface area (Å²) in [6.45, 7) is 3.74. The van der Waals surface area contributed by atoms with Crippen LogP contribution in [0.2, 0.25) is 0 Å². The van der Waals surface area contributed by atoms with Gasteiger partial charge in [-0.2, -0.15) is 0 Å². The number of aryl methyl sites for hydroxylation is 1. The first-order valence-corrected chi connectivity index (χ1v) is 7.38. The fraction of sp³-hybridized carbons (Fsp3) is 0.417. The average Bonchev–Trinajstić information content (AvgIpc) is 2.27. The van der Waals surface area contributed by atoms with Gasteiger partial charge < -0.3 is 11.5 Å². The number of benzene rings is 1. The number of nitrogens with two attached hydrogens (primary N) is 2. The van der Waals surface area contributed by atoms with Crippen LogP contribution in [0.25, 0.3) is 0 Å². The second-order valence-corrected chi connectivity index (χ2v) is 6.27. The van der Waals surface area contributed by atoms with Crippen LogP contribution < -0.4 is 16.2 Å². The second-order valence-electron chi connectivity index (χ2n) is 4.50. The molecule has 19 heavy (non-hydrogen) atoms. The van der Waals surface area contributed by atoms with Crippen LogP contribution >= 0.6 is 0 Å². The Morgan fingerprint density at radius 3 is 2.58 bits per heavy atom. The number of hydrogen-bond donors (Lipinski definition) is 3. The number of nitrogens with one attached hydrogen (secondary N) is 1. The van der Waals surface area contributed by atoms with E-state index in [9.17, 15) is 13.2 Å². The van der Waals surface area contributed by atoms with Gasteiger partial charge in [0.25, 0.3) is 0 Å². The van der Waals surface area contributed by atoms with Crippen molar-refractivity contribution in [1.82, 2.24) is 4.72 Å². The van der Waals surface area contributed by atoms with E-state index in [-0.39, 0.29) is 23.0 Å². The lowest BCUT2D eigenvalue weighted by molar-refractivity contribution is 0.0999. The third kappa shape index (κ3) is 4.30. The molecule has 0 aromatic heterocycles. The minimum absolute atomic E-state index is 0.0246. The molecule has 1 unspecified atom stereocenters. The van der Waals surface area contributed by atoms with Crippen molar-refractivity contribution in [3.8, 4) is 0 Å². The Kier molecular flexibility index (Phi) is 5.04. The van der Waals surface area contributed by atoms with Gasteiger partial charge in [-0.3, -0.25) is 4.79 Å². The largest absolute Gasteiger partial charge is 0.366 e. The van der Waals surface area contributed by atoms with E-state index in [1.54, 1.807) is 19.9 Å². The zero-order valence-corrected chi connectivity index (χ0v) is 11.8. The molecule has 0 fully saturated rings. The van der Waals surface area contributed by atoms with Gasteiger partial charge in [0, 0.05) is 18.2 Å². The van der Waals surface area contributed by atoms with Crippen molar-refractivity contribution in [3.05, 3.63) is 29.3 Å². The molecule has 1 rings (SSSR count). The maximum atomic E-state index is 12.0. The Morgan fingerprint density at radius 2 is 2.05 bits per heavy atom. The van der Waals surface area contributed by atoms with Crippen molar-refractivity contribution in [1.29, 1.82) is 0 Å². The minimum Gasteiger partial charge on any atom is -0.366 e. The lowest BCUT2D eigenvalue weighted by atomic mass is 10.1. The molecule has 1 amide bonds. The summed E-state index contributed by atoms with van der Waals surface area (Å²) in [4.78, 5) is 11.2. The summed E-state index contributed by atoms with van der Waals surface area (Å²) >= 11 is 0. The standard InChI is InChI=1S/C12H19N3O3S/c1-8-3-4-10(7-11(8)12(14)16)19(17,18)15-6-5-9(2)13/h3-4,7,9,15H,5-6,13H2,1-2H3,(H2,14,16). The average molecular weight is 285 g/mol. The van der Waals surface area contributed by atoms with Crippen LogP contribution in [0.5, 0.6) is 0 Å². The SMILES string of the molecule is Cc1ccc(S(=O)(=O)NCCC(C)N)cc1C(N)=O. The summed E-state index contributed by atoms with van der Waals surface area (Å²) in [5, 5.41) is 0. The number of carbonyl (C=O) groups excluding carboxylic acids is 1. The van der Waals surface area contributed by atoms with Crippen molar-refractivity contribution >= 4 is 15.9 Å². The predicted octanol–water partition coefficient (Wildman–Crippen LogP) is 0.110. The molecule has 0 saturated carbocycles. The molecule has 1 aromatic rings. The lowest BCUT2D eigenvalue weighted by Gasteiger charge is -2.10. The van der Waals surface area contributed by atoms with Crippen LogP contribution in [-0.4, -0.2) is 26.9 Å². The van der Waals surface area contributed by atoms with E-state index in [2.05, 4.69) is 4.72 Å². The number of sulfonamides is 1. The van der Waals surface area contributed by atoms with Crippen LogP contribution in [0.1, 0.15) is 29.3 Å². The summed E-state index contributed by atoms with van der Waals surface area (Å²) in [5.74, 6) is -0.648. The van der Waals surface area contributed by atoms with Crippen molar-refractivity contribution < 1.29 is 13.2 Å². The molecule has 6 nitrogen and oxygen atoms in total. The topological polar surface area (TPSA) is 115 Å². The quantitative estimate of drug-likeness (QED) is 0.688. The zero-order valence-electron chi connectivity index (χ0n) is 11.0. The monoisotopic (exact) mass is 285 g/mol. The molecule has 0 radical (unpaired) electrons. The Morgan fingerprint density at radius 1 is 1.42 bits per heavy atom. The Hall–Kier alpha value is -1.44. The van der Waals surface area contributed by atoms with E-state index in [1.165, 1.54) is 12.1 Å². The van der Waals surface area contributed by atoms with Gasteiger partial charge >= 0.3 is 0 Å². The highest BCUT2D eigenvalue weighted by Gasteiger charge is 2.16. The fourth-order valence-corrected chi connectivity index (χ4v) is 2.61. The van der Waals surface area contributed by atoms with Gasteiger partial charge in [-0.05, 0) is 38.0 Å². The number of primary amides is 1. The summed E-state index contributed by atoms with van der Waals surface area (Å²) in [6, 6.07) is 4.20. The molecule has 1 aromatic carbocycles. The summed E-state index contributed by atoms with van der Waals surface area (Å²) in [7, 11) is -3.64. The fourth-order valence-electron chi connectivity index (χ4n) is 1.54. The van der Waals surface area contributed by atoms with Crippen molar-refractivity contribution in [2.24, 2.45) is 11.5 Å². The smallest absolute Gasteiger partial charge is 0.249 e. The molecule has 0 bridgehead atoms. The molecule has 106 valence electrons. The van der Waals surface area contributed by atoms with E-state index in [4.69, 9.17) is 11.5 Å². The Balaban J connectivity index is 2.96. The van der Waals surface area contributed by atoms with Crippen molar-refractivity contribution in [2.75, 3.05) is 6.54 Å². The Labute approximate surface area is 113 Å². The van der Waals surface area contributed by atoms with Crippen LogP contribution in [-0.2, 0) is 10.0 Å². The molecular weight excluding hydrogens is 266 g/mol. The van der Waals surface area contributed by atoms with Crippen LogP contribution in [0.3, 0.4) is 0 Å². The van der Waals surface area contributed by atoms with Gasteiger partial charge in [0.05, 0.1) is 4.90 Å².